The number of aliphatic hydroxyl groups excluding tert-OH is 1. The van der Waals surface area contributed by atoms with Gasteiger partial charge in [-0.25, -0.2) is 0 Å². The van der Waals surface area contributed by atoms with Crippen molar-refractivity contribution in [3.63, 3.8) is 0 Å². The molecule has 0 spiro atoms. The maximum absolute atomic E-state index is 10.7. The van der Waals surface area contributed by atoms with E-state index in [-0.39, 0.29) is 0 Å². The molecule has 2 heteroatoms. The zero-order valence-corrected chi connectivity index (χ0v) is 12.5. The summed E-state index contributed by atoms with van der Waals surface area (Å²) in [4.78, 5) is 0. The Labute approximate surface area is 121 Å². The van der Waals surface area contributed by atoms with Gasteiger partial charge in [0.1, 0.15) is 6.10 Å². The molecule has 0 fully saturated rings. The largest absolute Gasteiger partial charge is 0.384 e. The number of hydrogen-bond acceptors (Lipinski definition) is 2. The average molecular weight is 269 g/mol. The van der Waals surface area contributed by atoms with E-state index in [4.69, 9.17) is 5.73 Å². The summed E-state index contributed by atoms with van der Waals surface area (Å²) in [6.45, 7) is 6.82. The molecule has 2 aromatic carbocycles. The lowest BCUT2D eigenvalue weighted by Gasteiger charge is -2.18. The Kier molecular flexibility index (Phi) is 4.58. The van der Waals surface area contributed by atoms with Crippen molar-refractivity contribution in [2.24, 2.45) is 5.73 Å². The van der Waals surface area contributed by atoms with Crippen molar-refractivity contribution in [2.45, 2.75) is 33.3 Å². The Bertz CT molecular complexity index is 581. The van der Waals surface area contributed by atoms with E-state index in [1.54, 1.807) is 0 Å². The lowest BCUT2D eigenvalue weighted by molar-refractivity contribution is 0.218. The normalized spacial score (nSPS) is 12.4. The van der Waals surface area contributed by atoms with Crippen molar-refractivity contribution >= 4 is 0 Å². The molecule has 106 valence electrons. The molecule has 0 aromatic heterocycles. The fourth-order valence-electron chi connectivity index (χ4n) is 2.87. The van der Waals surface area contributed by atoms with Gasteiger partial charge in [-0.1, -0.05) is 42.0 Å². The second kappa shape index (κ2) is 6.21. The average Bonchev–Trinajstić information content (AvgIpc) is 2.38. The van der Waals surface area contributed by atoms with Crippen LogP contribution in [0.2, 0.25) is 0 Å². The highest BCUT2D eigenvalue weighted by Crippen LogP contribution is 2.29. The van der Waals surface area contributed by atoms with Gasteiger partial charge in [-0.3, -0.25) is 0 Å². The Balaban J connectivity index is 2.41. The Hall–Kier alpha value is -1.64. The van der Waals surface area contributed by atoms with Crippen LogP contribution in [0.3, 0.4) is 0 Å². The summed E-state index contributed by atoms with van der Waals surface area (Å²) in [5, 5.41) is 10.7. The smallest absolute Gasteiger partial charge is 0.105 e. The third-order valence-electron chi connectivity index (χ3n) is 3.71. The molecule has 0 heterocycles. The van der Waals surface area contributed by atoms with Crippen molar-refractivity contribution in [3.05, 3.63) is 69.8 Å². The van der Waals surface area contributed by atoms with E-state index in [9.17, 15) is 5.11 Å². The molecule has 2 aromatic rings. The second-order valence-corrected chi connectivity index (χ2v) is 5.50. The summed E-state index contributed by atoms with van der Waals surface area (Å²) in [6.07, 6.45) is 0.264. The van der Waals surface area contributed by atoms with E-state index in [0.717, 1.165) is 28.7 Å². The number of aryl methyl sites for hydroxylation is 3. The fraction of sp³-hybridized carbons (Fsp3) is 0.333. The van der Waals surface area contributed by atoms with Crippen LogP contribution in [0.15, 0.2) is 36.4 Å². The molecule has 0 amide bonds. The predicted octanol–water partition coefficient (Wildman–Crippen LogP) is 3.19. The maximum Gasteiger partial charge on any atom is 0.105 e. The first-order valence-corrected chi connectivity index (χ1v) is 7.07. The molecule has 0 aliphatic carbocycles. The summed E-state index contributed by atoms with van der Waals surface area (Å²) >= 11 is 0. The summed E-state index contributed by atoms with van der Waals surface area (Å²) < 4.78 is 0. The lowest BCUT2D eigenvalue weighted by atomic mass is 9.91. The van der Waals surface area contributed by atoms with E-state index in [1.807, 2.05) is 12.1 Å². The van der Waals surface area contributed by atoms with Crippen molar-refractivity contribution in [3.8, 4) is 0 Å². The zero-order chi connectivity index (χ0) is 14.7. The molecule has 0 saturated carbocycles. The number of nitrogens with two attached hydrogens (primary N) is 1. The van der Waals surface area contributed by atoms with Crippen molar-refractivity contribution in [1.29, 1.82) is 0 Å². The van der Waals surface area contributed by atoms with Gasteiger partial charge < -0.3 is 10.8 Å². The minimum atomic E-state index is -0.576. The second-order valence-electron chi connectivity index (χ2n) is 5.50. The van der Waals surface area contributed by atoms with E-state index in [0.29, 0.717) is 6.54 Å². The van der Waals surface area contributed by atoms with Gasteiger partial charge in [-0.05, 0) is 61.6 Å². The molecule has 3 N–H and O–H groups in total. The highest BCUT2D eigenvalue weighted by molar-refractivity contribution is 5.43. The van der Waals surface area contributed by atoms with Crippen LogP contribution < -0.4 is 5.73 Å². The minimum absolute atomic E-state index is 0.576. The molecule has 2 rings (SSSR count). The van der Waals surface area contributed by atoms with Gasteiger partial charge in [0.05, 0.1) is 0 Å². The SMILES string of the molecule is Cc1cc(C)c(C(O)c2cccc(CCN)c2)c(C)c1. The van der Waals surface area contributed by atoms with Gasteiger partial charge >= 0.3 is 0 Å². The lowest BCUT2D eigenvalue weighted by Crippen LogP contribution is -2.07. The van der Waals surface area contributed by atoms with E-state index >= 15 is 0 Å². The summed E-state index contributed by atoms with van der Waals surface area (Å²) in [7, 11) is 0. The number of rotatable bonds is 4. The predicted molar refractivity (Wildman–Crippen MR) is 83.9 cm³/mol. The van der Waals surface area contributed by atoms with Crippen LogP contribution in [-0.4, -0.2) is 11.7 Å². The molecule has 0 saturated heterocycles. The third-order valence-corrected chi connectivity index (χ3v) is 3.71. The van der Waals surface area contributed by atoms with Crippen LogP contribution >= 0.6 is 0 Å². The molecule has 1 atom stereocenters. The molecule has 0 radical (unpaired) electrons. The first-order valence-electron chi connectivity index (χ1n) is 7.07. The van der Waals surface area contributed by atoms with Crippen molar-refractivity contribution < 1.29 is 5.11 Å². The Morgan fingerprint density at radius 1 is 1.05 bits per heavy atom. The fourth-order valence-corrected chi connectivity index (χ4v) is 2.87. The topological polar surface area (TPSA) is 46.2 Å². The monoisotopic (exact) mass is 269 g/mol. The molecular formula is C18H23NO. The van der Waals surface area contributed by atoms with Crippen LogP contribution in [0.1, 0.15) is 39.5 Å². The van der Waals surface area contributed by atoms with Crippen LogP contribution in [0.5, 0.6) is 0 Å². The molecule has 1 unspecified atom stereocenters. The van der Waals surface area contributed by atoms with Gasteiger partial charge in [0.15, 0.2) is 0 Å². The van der Waals surface area contributed by atoms with E-state index in [2.05, 4.69) is 45.0 Å². The summed E-state index contributed by atoms with van der Waals surface area (Å²) in [5.74, 6) is 0. The zero-order valence-electron chi connectivity index (χ0n) is 12.5. The first-order chi connectivity index (χ1) is 9.52. The van der Waals surface area contributed by atoms with Crippen molar-refractivity contribution in [2.75, 3.05) is 6.54 Å². The number of aliphatic hydroxyl groups is 1. The van der Waals surface area contributed by atoms with Gasteiger partial charge in [0.25, 0.3) is 0 Å². The van der Waals surface area contributed by atoms with Gasteiger partial charge in [-0.15, -0.1) is 0 Å². The van der Waals surface area contributed by atoms with Gasteiger partial charge in [-0.2, -0.15) is 0 Å². The first kappa shape index (κ1) is 14.8. The molecule has 2 nitrogen and oxygen atoms in total. The van der Waals surface area contributed by atoms with Crippen LogP contribution in [-0.2, 0) is 6.42 Å². The van der Waals surface area contributed by atoms with Crippen LogP contribution in [0, 0.1) is 20.8 Å². The minimum Gasteiger partial charge on any atom is -0.384 e. The number of hydrogen-bond donors (Lipinski definition) is 2. The van der Waals surface area contributed by atoms with Crippen molar-refractivity contribution in [1.82, 2.24) is 0 Å². The quantitative estimate of drug-likeness (QED) is 0.895. The molecule has 0 bridgehead atoms. The summed E-state index contributed by atoms with van der Waals surface area (Å²) in [6, 6.07) is 12.3. The van der Waals surface area contributed by atoms with Gasteiger partial charge in [0, 0.05) is 0 Å². The van der Waals surface area contributed by atoms with Gasteiger partial charge in [0.2, 0.25) is 0 Å². The van der Waals surface area contributed by atoms with E-state index in [1.165, 1.54) is 11.1 Å². The summed E-state index contributed by atoms with van der Waals surface area (Å²) in [5.41, 5.74) is 12.2. The molecular weight excluding hydrogens is 246 g/mol. The van der Waals surface area contributed by atoms with Crippen LogP contribution in [0.25, 0.3) is 0 Å². The van der Waals surface area contributed by atoms with Crippen LogP contribution in [0.4, 0.5) is 0 Å². The molecule has 0 aliphatic rings. The Morgan fingerprint density at radius 2 is 1.70 bits per heavy atom. The standard InChI is InChI=1S/C18H23NO/c1-12-9-13(2)17(14(3)10-12)18(20)16-6-4-5-15(11-16)7-8-19/h4-6,9-11,18,20H,7-8,19H2,1-3H3. The molecule has 20 heavy (non-hydrogen) atoms. The highest BCUT2D eigenvalue weighted by atomic mass is 16.3. The van der Waals surface area contributed by atoms with E-state index < -0.39 is 6.10 Å². The third kappa shape index (κ3) is 3.09. The maximum atomic E-state index is 10.7. The molecule has 0 aliphatic heterocycles. The highest BCUT2D eigenvalue weighted by Gasteiger charge is 2.16. The Morgan fingerprint density at radius 3 is 2.30 bits per heavy atom. The number of benzene rings is 2.